The SMILES string of the molecule is CC(=O)N1CCC[C@@H]1[C@H]1CCCN1C[C@@H](O)c1ccccc1F. The van der Waals surface area contributed by atoms with Crippen molar-refractivity contribution in [1.29, 1.82) is 0 Å². The summed E-state index contributed by atoms with van der Waals surface area (Å²) in [6.45, 7) is 3.79. The number of hydrogen-bond donors (Lipinski definition) is 1. The molecule has 2 aliphatic heterocycles. The van der Waals surface area contributed by atoms with E-state index in [1.807, 2.05) is 4.90 Å². The van der Waals surface area contributed by atoms with Crippen LogP contribution in [0.4, 0.5) is 4.39 Å². The van der Waals surface area contributed by atoms with Crippen LogP contribution < -0.4 is 0 Å². The van der Waals surface area contributed by atoms with Crippen molar-refractivity contribution in [3.63, 3.8) is 0 Å². The minimum Gasteiger partial charge on any atom is -0.387 e. The van der Waals surface area contributed by atoms with E-state index in [0.29, 0.717) is 12.1 Å². The molecule has 1 aromatic rings. The highest BCUT2D eigenvalue weighted by Crippen LogP contribution is 2.31. The predicted molar refractivity (Wildman–Crippen MR) is 86.4 cm³/mol. The van der Waals surface area contributed by atoms with Gasteiger partial charge in [-0.15, -0.1) is 0 Å². The molecule has 1 aromatic carbocycles. The van der Waals surface area contributed by atoms with Gasteiger partial charge in [0, 0.05) is 37.7 Å². The van der Waals surface area contributed by atoms with Crippen LogP contribution in [0.1, 0.15) is 44.3 Å². The van der Waals surface area contributed by atoms with Crippen LogP contribution in [-0.2, 0) is 4.79 Å². The van der Waals surface area contributed by atoms with Crippen LogP contribution in [-0.4, -0.2) is 52.5 Å². The molecule has 126 valence electrons. The van der Waals surface area contributed by atoms with E-state index in [-0.39, 0.29) is 23.8 Å². The molecule has 2 heterocycles. The molecule has 5 heteroatoms. The quantitative estimate of drug-likeness (QED) is 0.926. The molecule has 0 bridgehead atoms. The minimum absolute atomic E-state index is 0.133. The van der Waals surface area contributed by atoms with Crippen molar-refractivity contribution in [2.75, 3.05) is 19.6 Å². The molecular formula is C18H25FN2O2. The zero-order valence-corrected chi connectivity index (χ0v) is 13.6. The second kappa shape index (κ2) is 6.97. The Kier molecular flexibility index (Phi) is 4.97. The summed E-state index contributed by atoms with van der Waals surface area (Å²) in [7, 11) is 0. The number of likely N-dealkylation sites (tertiary alicyclic amines) is 2. The van der Waals surface area contributed by atoms with Crippen LogP contribution in [0.15, 0.2) is 24.3 Å². The number of aliphatic hydroxyl groups excluding tert-OH is 1. The lowest BCUT2D eigenvalue weighted by molar-refractivity contribution is -0.130. The van der Waals surface area contributed by atoms with E-state index in [0.717, 1.165) is 38.8 Å². The maximum Gasteiger partial charge on any atom is 0.219 e. The van der Waals surface area contributed by atoms with Gasteiger partial charge in [0.15, 0.2) is 0 Å². The van der Waals surface area contributed by atoms with Gasteiger partial charge in [0.05, 0.1) is 6.10 Å². The number of carbonyl (C=O) groups is 1. The summed E-state index contributed by atoms with van der Waals surface area (Å²) < 4.78 is 13.8. The maximum atomic E-state index is 13.8. The fourth-order valence-electron chi connectivity index (χ4n) is 4.16. The molecule has 3 rings (SSSR count). The molecular weight excluding hydrogens is 295 g/mol. The first-order valence-corrected chi connectivity index (χ1v) is 8.51. The summed E-state index contributed by atoms with van der Waals surface area (Å²) in [5.74, 6) is -0.226. The van der Waals surface area contributed by atoms with Gasteiger partial charge in [0.1, 0.15) is 5.82 Å². The van der Waals surface area contributed by atoms with Crippen LogP contribution in [0.25, 0.3) is 0 Å². The lowest BCUT2D eigenvalue weighted by atomic mass is 10.0. The van der Waals surface area contributed by atoms with Gasteiger partial charge in [-0.3, -0.25) is 9.69 Å². The number of carbonyl (C=O) groups excluding carboxylic acids is 1. The number of aliphatic hydroxyl groups is 1. The molecule has 0 aliphatic carbocycles. The predicted octanol–water partition coefficient (Wildman–Crippen LogP) is 2.33. The van der Waals surface area contributed by atoms with E-state index < -0.39 is 6.10 Å². The van der Waals surface area contributed by atoms with Gasteiger partial charge >= 0.3 is 0 Å². The van der Waals surface area contributed by atoms with Crippen molar-refractivity contribution >= 4 is 5.91 Å². The fourth-order valence-corrected chi connectivity index (χ4v) is 4.16. The van der Waals surface area contributed by atoms with Gasteiger partial charge in [-0.25, -0.2) is 4.39 Å². The van der Waals surface area contributed by atoms with Crippen molar-refractivity contribution in [3.05, 3.63) is 35.6 Å². The number of benzene rings is 1. The lowest BCUT2D eigenvalue weighted by Crippen LogP contribution is -2.48. The molecule has 0 spiro atoms. The standard InChI is InChI=1S/C18H25FN2O2/c1-13(22)21-11-5-9-17(21)16-8-4-10-20(16)12-18(23)14-6-2-3-7-15(14)19/h2-3,6-7,16-18,23H,4-5,8-12H2,1H3/t16-,17-,18-/m1/s1. The Morgan fingerprint density at radius 2 is 1.96 bits per heavy atom. The Bertz CT molecular complexity index is 566. The summed E-state index contributed by atoms with van der Waals surface area (Å²) in [4.78, 5) is 16.0. The van der Waals surface area contributed by atoms with Crippen LogP contribution in [0.3, 0.4) is 0 Å². The highest BCUT2D eigenvalue weighted by Gasteiger charge is 2.39. The van der Waals surface area contributed by atoms with E-state index in [1.165, 1.54) is 6.07 Å². The summed E-state index contributed by atoms with van der Waals surface area (Å²) >= 11 is 0. The minimum atomic E-state index is -0.830. The molecule has 1 N–H and O–H groups in total. The number of hydrogen-bond acceptors (Lipinski definition) is 3. The molecule has 1 amide bonds. The van der Waals surface area contributed by atoms with E-state index in [2.05, 4.69) is 4.90 Å². The fraction of sp³-hybridized carbons (Fsp3) is 0.611. The Labute approximate surface area is 136 Å². The maximum absolute atomic E-state index is 13.8. The molecule has 4 nitrogen and oxygen atoms in total. The Morgan fingerprint density at radius 1 is 1.26 bits per heavy atom. The van der Waals surface area contributed by atoms with Crippen LogP contribution >= 0.6 is 0 Å². The van der Waals surface area contributed by atoms with Gasteiger partial charge in [0.2, 0.25) is 5.91 Å². The summed E-state index contributed by atoms with van der Waals surface area (Å²) in [5, 5.41) is 10.4. The van der Waals surface area contributed by atoms with Crippen LogP contribution in [0.2, 0.25) is 0 Å². The second-order valence-corrected chi connectivity index (χ2v) is 6.66. The molecule has 0 saturated carbocycles. The normalized spacial score (nSPS) is 26.7. The van der Waals surface area contributed by atoms with E-state index in [1.54, 1.807) is 25.1 Å². The number of rotatable bonds is 4. The van der Waals surface area contributed by atoms with Crippen molar-refractivity contribution in [1.82, 2.24) is 9.80 Å². The van der Waals surface area contributed by atoms with Crippen LogP contribution in [0, 0.1) is 5.82 Å². The van der Waals surface area contributed by atoms with Crippen molar-refractivity contribution in [2.45, 2.75) is 50.8 Å². The Morgan fingerprint density at radius 3 is 2.70 bits per heavy atom. The largest absolute Gasteiger partial charge is 0.387 e. The smallest absolute Gasteiger partial charge is 0.219 e. The van der Waals surface area contributed by atoms with Gasteiger partial charge in [-0.1, -0.05) is 18.2 Å². The topological polar surface area (TPSA) is 43.8 Å². The number of β-amino-alcohol motifs (C(OH)–C–C–N with tert-alkyl or cyclic N) is 1. The van der Waals surface area contributed by atoms with Crippen LogP contribution in [0.5, 0.6) is 0 Å². The number of amides is 1. The molecule has 0 radical (unpaired) electrons. The zero-order chi connectivity index (χ0) is 16.4. The molecule has 3 atom stereocenters. The molecule has 0 aromatic heterocycles. The zero-order valence-electron chi connectivity index (χ0n) is 13.6. The van der Waals surface area contributed by atoms with Gasteiger partial charge in [-0.05, 0) is 38.3 Å². The third-order valence-electron chi connectivity index (χ3n) is 5.23. The van der Waals surface area contributed by atoms with Gasteiger partial charge in [0.25, 0.3) is 0 Å². The van der Waals surface area contributed by atoms with E-state index in [9.17, 15) is 14.3 Å². The average Bonchev–Trinajstić information content (AvgIpc) is 3.15. The summed E-state index contributed by atoms with van der Waals surface area (Å²) in [6.07, 6.45) is 3.35. The number of nitrogens with zero attached hydrogens (tertiary/aromatic N) is 2. The van der Waals surface area contributed by atoms with Crippen molar-refractivity contribution < 1.29 is 14.3 Å². The van der Waals surface area contributed by atoms with Gasteiger partial charge < -0.3 is 10.0 Å². The molecule has 23 heavy (non-hydrogen) atoms. The highest BCUT2D eigenvalue weighted by atomic mass is 19.1. The van der Waals surface area contributed by atoms with Crippen molar-refractivity contribution in [3.8, 4) is 0 Å². The molecule has 2 aliphatic rings. The highest BCUT2D eigenvalue weighted by molar-refractivity contribution is 5.74. The van der Waals surface area contributed by atoms with E-state index in [4.69, 9.17) is 0 Å². The number of halogens is 1. The van der Waals surface area contributed by atoms with E-state index >= 15 is 0 Å². The summed E-state index contributed by atoms with van der Waals surface area (Å²) in [6, 6.07) is 6.92. The Hall–Kier alpha value is -1.46. The first-order valence-electron chi connectivity index (χ1n) is 8.51. The molecule has 0 unspecified atom stereocenters. The third kappa shape index (κ3) is 3.40. The first kappa shape index (κ1) is 16.4. The third-order valence-corrected chi connectivity index (χ3v) is 5.23. The summed E-state index contributed by atoms with van der Waals surface area (Å²) in [5.41, 5.74) is 0.355. The average molecular weight is 320 g/mol. The molecule has 2 fully saturated rings. The van der Waals surface area contributed by atoms with Crippen molar-refractivity contribution in [2.24, 2.45) is 0 Å². The van der Waals surface area contributed by atoms with Gasteiger partial charge in [-0.2, -0.15) is 0 Å². The lowest BCUT2D eigenvalue weighted by Gasteiger charge is -2.35. The second-order valence-electron chi connectivity index (χ2n) is 6.66. The first-order chi connectivity index (χ1) is 11.1. The monoisotopic (exact) mass is 320 g/mol. The Balaban J connectivity index is 1.70. The molecule has 2 saturated heterocycles.